The predicted octanol–water partition coefficient (Wildman–Crippen LogP) is 3.42. The lowest BCUT2D eigenvalue weighted by Gasteiger charge is -2.16. The molecule has 2 aromatic rings. The van der Waals surface area contributed by atoms with E-state index >= 15 is 0 Å². The van der Waals surface area contributed by atoms with E-state index in [4.69, 9.17) is 9.47 Å². The van der Waals surface area contributed by atoms with Gasteiger partial charge in [0.15, 0.2) is 6.04 Å². The maximum Gasteiger partial charge on any atom is 0.330 e. The Labute approximate surface area is 164 Å². The van der Waals surface area contributed by atoms with Crippen LogP contribution in [0.4, 0.5) is 0 Å². The minimum Gasteiger partial charge on any atom is -0.494 e. The number of rotatable bonds is 9. The molecule has 28 heavy (non-hydrogen) atoms. The highest BCUT2D eigenvalue weighted by molar-refractivity contribution is 5.84. The van der Waals surface area contributed by atoms with Crippen LogP contribution < -0.4 is 14.8 Å². The van der Waals surface area contributed by atoms with E-state index in [9.17, 15) is 14.7 Å². The van der Waals surface area contributed by atoms with Crippen molar-refractivity contribution in [2.24, 2.45) is 0 Å². The Bertz CT molecular complexity index is 849. The van der Waals surface area contributed by atoms with Crippen molar-refractivity contribution in [3.05, 3.63) is 59.2 Å². The number of ether oxygens (including phenoxy) is 2. The van der Waals surface area contributed by atoms with Crippen molar-refractivity contribution in [3.63, 3.8) is 0 Å². The van der Waals surface area contributed by atoms with Crippen LogP contribution in [0.15, 0.2) is 42.5 Å². The van der Waals surface area contributed by atoms with Crippen LogP contribution in [0.2, 0.25) is 0 Å². The summed E-state index contributed by atoms with van der Waals surface area (Å²) in [4.78, 5) is 23.8. The molecule has 6 heteroatoms. The van der Waals surface area contributed by atoms with Gasteiger partial charge < -0.3 is 19.9 Å². The van der Waals surface area contributed by atoms with E-state index in [0.29, 0.717) is 25.2 Å². The summed E-state index contributed by atoms with van der Waals surface area (Å²) in [5.41, 5.74) is 2.67. The first-order valence-electron chi connectivity index (χ1n) is 9.50. The highest BCUT2D eigenvalue weighted by atomic mass is 16.5. The van der Waals surface area contributed by atoms with Gasteiger partial charge in [-0.3, -0.25) is 4.79 Å². The van der Waals surface area contributed by atoms with E-state index in [-0.39, 0.29) is 12.3 Å². The first-order valence-corrected chi connectivity index (χ1v) is 9.50. The lowest BCUT2D eigenvalue weighted by Crippen LogP contribution is -2.33. The summed E-state index contributed by atoms with van der Waals surface area (Å²) in [6, 6.07) is 12.0. The number of nitrogens with one attached hydrogen (secondary N) is 1. The zero-order chi connectivity index (χ0) is 19.9. The number of aliphatic carboxylic acids is 1. The third-order valence-electron chi connectivity index (χ3n) is 4.66. The van der Waals surface area contributed by atoms with Gasteiger partial charge in [0.05, 0.1) is 13.2 Å². The molecular weight excluding hydrogens is 358 g/mol. The van der Waals surface area contributed by atoms with Gasteiger partial charge in [-0.05, 0) is 60.7 Å². The monoisotopic (exact) mass is 383 g/mol. The zero-order valence-corrected chi connectivity index (χ0v) is 15.9. The van der Waals surface area contributed by atoms with Crippen molar-refractivity contribution in [1.82, 2.24) is 5.32 Å². The van der Waals surface area contributed by atoms with Gasteiger partial charge in [-0.15, -0.1) is 0 Å². The summed E-state index contributed by atoms with van der Waals surface area (Å²) in [6.45, 7) is 3.13. The molecule has 0 aliphatic carbocycles. The Morgan fingerprint density at radius 2 is 2.07 bits per heavy atom. The van der Waals surface area contributed by atoms with Crippen molar-refractivity contribution >= 4 is 11.9 Å². The van der Waals surface area contributed by atoms with Crippen molar-refractivity contribution in [3.8, 4) is 11.5 Å². The van der Waals surface area contributed by atoms with E-state index in [1.165, 1.54) is 0 Å². The number of carbonyl (C=O) groups is 2. The van der Waals surface area contributed by atoms with Gasteiger partial charge in [0.25, 0.3) is 0 Å². The number of carboxylic acid groups (broad SMARTS) is 1. The average molecular weight is 383 g/mol. The van der Waals surface area contributed by atoms with Crippen LogP contribution in [-0.4, -0.2) is 30.2 Å². The molecule has 2 aromatic carbocycles. The van der Waals surface area contributed by atoms with Gasteiger partial charge in [-0.2, -0.15) is 0 Å². The fourth-order valence-electron chi connectivity index (χ4n) is 3.19. The number of carbonyl (C=O) groups excluding carboxylic acids is 1. The smallest absolute Gasteiger partial charge is 0.330 e. The van der Waals surface area contributed by atoms with Crippen LogP contribution >= 0.6 is 0 Å². The highest BCUT2D eigenvalue weighted by Crippen LogP contribution is 2.28. The third-order valence-corrected chi connectivity index (χ3v) is 4.66. The summed E-state index contributed by atoms with van der Waals surface area (Å²) in [5, 5.41) is 12.1. The largest absolute Gasteiger partial charge is 0.494 e. The molecule has 2 N–H and O–H groups in total. The molecule has 0 saturated carbocycles. The summed E-state index contributed by atoms with van der Waals surface area (Å²) in [5.74, 6) is 0.249. The summed E-state index contributed by atoms with van der Waals surface area (Å²) in [6.07, 6.45) is 2.36. The first kappa shape index (κ1) is 19.7. The van der Waals surface area contributed by atoms with Crippen molar-refractivity contribution in [2.45, 2.75) is 38.6 Å². The number of aryl methyl sites for hydroxylation is 1. The Kier molecular flexibility index (Phi) is 6.53. The van der Waals surface area contributed by atoms with E-state index in [2.05, 4.69) is 5.32 Å². The second kappa shape index (κ2) is 9.26. The van der Waals surface area contributed by atoms with E-state index < -0.39 is 12.0 Å². The molecule has 0 radical (unpaired) electrons. The number of amides is 1. The molecule has 1 atom stereocenters. The average Bonchev–Trinajstić information content (AvgIpc) is 3.13. The van der Waals surface area contributed by atoms with Crippen LogP contribution in [0, 0.1) is 6.92 Å². The standard InChI is InChI=1S/C22H25NO5/c1-15-5-4-6-18(13-15)27-11-3-2-7-20(24)23-21(22(25)26)17-8-9-19-16(14-17)10-12-28-19/h4-6,8-9,13-14,21H,2-3,7,10-12H2,1H3,(H,23,24)(H,25,26). The van der Waals surface area contributed by atoms with Crippen LogP contribution in [0.1, 0.15) is 42.0 Å². The molecule has 3 rings (SSSR count). The molecule has 1 aliphatic heterocycles. The van der Waals surface area contributed by atoms with Crippen molar-refractivity contribution in [2.75, 3.05) is 13.2 Å². The quantitative estimate of drug-likeness (QED) is 0.648. The van der Waals surface area contributed by atoms with Crippen LogP contribution in [0.25, 0.3) is 0 Å². The lowest BCUT2D eigenvalue weighted by atomic mass is 10.0. The second-order valence-corrected chi connectivity index (χ2v) is 6.93. The number of carboxylic acids is 1. The van der Waals surface area contributed by atoms with Crippen molar-refractivity contribution in [1.29, 1.82) is 0 Å². The zero-order valence-electron chi connectivity index (χ0n) is 15.9. The predicted molar refractivity (Wildman–Crippen MR) is 105 cm³/mol. The van der Waals surface area contributed by atoms with Gasteiger partial charge in [-0.1, -0.05) is 18.2 Å². The van der Waals surface area contributed by atoms with Crippen LogP contribution in [0.3, 0.4) is 0 Å². The number of benzene rings is 2. The lowest BCUT2D eigenvalue weighted by molar-refractivity contribution is -0.142. The van der Waals surface area contributed by atoms with Gasteiger partial charge in [0.1, 0.15) is 11.5 Å². The topological polar surface area (TPSA) is 84.9 Å². The molecule has 0 saturated heterocycles. The maximum atomic E-state index is 12.2. The first-order chi connectivity index (χ1) is 13.5. The molecule has 1 unspecified atom stereocenters. The number of hydrogen-bond acceptors (Lipinski definition) is 4. The molecular formula is C22H25NO5. The van der Waals surface area contributed by atoms with Crippen LogP contribution in [0.5, 0.6) is 11.5 Å². The molecule has 0 spiro atoms. The van der Waals surface area contributed by atoms with Gasteiger partial charge in [0.2, 0.25) is 5.91 Å². The van der Waals surface area contributed by atoms with E-state index in [1.54, 1.807) is 18.2 Å². The van der Waals surface area contributed by atoms with Crippen molar-refractivity contribution < 1.29 is 24.2 Å². The molecule has 0 aromatic heterocycles. The second-order valence-electron chi connectivity index (χ2n) is 6.93. The highest BCUT2D eigenvalue weighted by Gasteiger charge is 2.24. The van der Waals surface area contributed by atoms with E-state index in [0.717, 1.165) is 35.5 Å². The molecule has 1 amide bonds. The van der Waals surface area contributed by atoms with Gasteiger partial charge in [-0.25, -0.2) is 4.79 Å². The minimum atomic E-state index is -1.07. The van der Waals surface area contributed by atoms with Crippen LogP contribution in [-0.2, 0) is 16.0 Å². The summed E-state index contributed by atoms with van der Waals surface area (Å²) >= 11 is 0. The molecule has 148 valence electrons. The number of unbranched alkanes of at least 4 members (excludes halogenated alkanes) is 1. The van der Waals surface area contributed by atoms with Gasteiger partial charge >= 0.3 is 5.97 Å². The fourth-order valence-corrected chi connectivity index (χ4v) is 3.19. The Morgan fingerprint density at radius 3 is 2.86 bits per heavy atom. The molecule has 6 nitrogen and oxygen atoms in total. The fraction of sp³-hybridized carbons (Fsp3) is 0.364. The normalized spacial score (nSPS) is 13.3. The molecule has 0 bridgehead atoms. The van der Waals surface area contributed by atoms with Gasteiger partial charge in [0, 0.05) is 12.8 Å². The molecule has 1 aliphatic rings. The Hall–Kier alpha value is -3.02. The number of fused-ring (bicyclic) bond motifs is 1. The maximum absolute atomic E-state index is 12.2. The Balaban J connectivity index is 1.45. The third kappa shape index (κ3) is 5.25. The number of hydrogen-bond donors (Lipinski definition) is 2. The summed E-state index contributed by atoms with van der Waals surface area (Å²) in [7, 11) is 0. The SMILES string of the molecule is Cc1cccc(OCCCCC(=O)NC(C(=O)O)c2ccc3c(c2)CCO3)c1. The Morgan fingerprint density at radius 1 is 1.21 bits per heavy atom. The molecule has 0 fully saturated rings. The summed E-state index contributed by atoms with van der Waals surface area (Å²) < 4.78 is 11.1. The molecule has 1 heterocycles. The van der Waals surface area contributed by atoms with E-state index in [1.807, 2.05) is 31.2 Å². The minimum absolute atomic E-state index is 0.259.